The van der Waals surface area contributed by atoms with Crippen molar-refractivity contribution in [2.24, 2.45) is 11.3 Å². The molecule has 0 aromatic carbocycles. The summed E-state index contributed by atoms with van der Waals surface area (Å²) in [6.07, 6.45) is -4.81. The summed E-state index contributed by atoms with van der Waals surface area (Å²) in [6.45, 7) is 2.71. The lowest BCUT2D eigenvalue weighted by molar-refractivity contribution is -0.126. The van der Waals surface area contributed by atoms with Crippen molar-refractivity contribution in [3.05, 3.63) is 0 Å². The number of hydrogen-bond donors (Lipinski definition) is 0. The molecule has 3 heterocycles. The maximum absolute atomic E-state index is 11.2. The van der Waals surface area contributed by atoms with Crippen molar-refractivity contribution in [3.63, 3.8) is 0 Å². The van der Waals surface area contributed by atoms with Crippen LogP contribution in [-0.2, 0) is 56.8 Å². The molecule has 0 saturated carbocycles. The van der Waals surface area contributed by atoms with E-state index < -0.39 is 48.3 Å². The predicted molar refractivity (Wildman–Crippen MR) is 122 cm³/mol. The topological polar surface area (TPSA) is 179 Å². The zero-order valence-electron chi connectivity index (χ0n) is 21.8. The van der Waals surface area contributed by atoms with E-state index in [1.165, 1.54) is 7.11 Å². The van der Waals surface area contributed by atoms with Gasteiger partial charge >= 0.3 is 24.6 Å². The van der Waals surface area contributed by atoms with E-state index in [4.69, 9.17) is 52.1 Å². The molecular weight excluding hydrogens is 532 g/mol. The van der Waals surface area contributed by atoms with Gasteiger partial charge in [0.25, 0.3) is 0 Å². The van der Waals surface area contributed by atoms with E-state index in [0.29, 0.717) is 0 Å². The molecule has 4 unspecified atom stereocenters. The molecule has 39 heavy (non-hydrogen) atoms. The minimum Gasteiger partial charge on any atom is -0.438 e. The third kappa shape index (κ3) is 10.9. The van der Waals surface area contributed by atoms with E-state index >= 15 is 0 Å². The van der Waals surface area contributed by atoms with Gasteiger partial charge in [-0.25, -0.2) is 19.2 Å². The maximum atomic E-state index is 11.2. The molecule has 3 aliphatic rings. The molecule has 16 nitrogen and oxygen atoms in total. The largest absolute Gasteiger partial charge is 0.508 e. The van der Waals surface area contributed by atoms with E-state index in [9.17, 15) is 19.2 Å². The Morgan fingerprint density at radius 2 is 1.15 bits per heavy atom. The second-order valence-electron chi connectivity index (χ2n) is 9.33. The van der Waals surface area contributed by atoms with Gasteiger partial charge in [0.1, 0.15) is 19.8 Å². The van der Waals surface area contributed by atoms with Gasteiger partial charge in [0.05, 0.1) is 72.0 Å². The monoisotopic (exact) mass is 566 g/mol. The van der Waals surface area contributed by atoms with Crippen molar-refractivity contribution in [1.82, 2.24) is 0 Å². The smallest absolute Gasteiger partial charge is 0.438 e. The first-order valence-corrected chi connectivity index (χ1v) is 12.3. The van der Waals surface area contributed by atoms with E-state index in [1.54, 1.807) is 0 Å². The summed E-state index contributed by atoms with van der Waals surface area (Å²) in [5.74, 6) is -0.162. The summed E-state index contributed by atoms with van der Waals surface area (Å²) in [5, 5.41) is 0. The van der Waals surface area contributed by atoms with Crippen LogP contribution >= 0.6 is 0 Å². The van der Waals surface area contributed by atoms with Crippen molar-refractivity contribution in [2.45, 2.75) is 25.2 Å². The first-order valence-electron chi connectivity index (χ1n) is 12.3. The van der Waals surface area contributed by atoms with Gasteiger partial charge in [-0.15, -0.1) is 0 Å². The van der Waals surface area contributed by atoms with E-state index in [0.717, 1.165) is 0 Å². The Morgan fingerprint density at radius 1 is 0.744 bits per heavy atom. The summed E-state index contributed by atoms with van der Waals surface area (Å²) < 4.78 is 62.3. The molecule has 0 radical (unpaired) electrons. The van der Waals surface area contributed by atoms with Crippen LogP contribution < -0.4 is 0 Å². The van der Waals surface area contributed by atoms with E-state index in [1.807, 2.05) is 6.92 Å². The number of rotatable bonds is 18. The van der Waals surface area contributed by atoms with Crippen LogP contribution in [0.4, 0.5) is 19.2 Å². The maximum Gasteiger partial charge on any atom is 0.508 e. The SMILES string of the molecule is COC(=O)OCC(C)COCC(COCC1COC(=O)O1)(COCC1COC(=O)O1)COCC1COC(=O)O1. The highest BCUT2D eigenvalue weighted by Crippen LogP contribution is 2.23. The normalized spacial score (nSPS) is 24.5. The molecule has 16 heteroatoms. The Kier molecular flexibility index (Phi) is 12.1. The summed E-state index contributed by atoms with van der Waals surface area (Å²) in [5.41, 5.74) is -0.903. The molecule has 3 fully saturated rings. The Hall–Kier alpha value is -3.08. The van der Waals surface area contributed by atoms with Gasteiger partial charge in [-0.2, -0.15) is 0 Å². The number of hydrogen-bond acceptors (Lipinski definition) is 16. The van der Waals surface area contributed by atoms with Crippen LogP contribution in [0.3, 0.4) is 0 Å². The Morgan fingerprint density at radius 3 is 1.51 bits per heavy atom. The number of ether oxygens (including phenoxy) is 12. The summed E-state index contributed by atoms with van der Waals surface area (Å²) in [4.78, 5) is 44.9. The number of carbonyl (C=O) groups is 4. The van der Waals surface area contributed by atoms with Crippen LogP contribution in [0.1, 0.15) is 6.92 Å². The molecular formula is C23H34O16. The third-order valence-corrected chi connectivity index (χ3v) is 5.55. The highest BCUT2D eigenvalue weighted by Gasteiger charge is 2.36. The first kappa shape index (κ1) is 30.5. The fourth-order valence-electron chi connectivity index (χ4n) is 3.61. The Bertz CT molecular complexity index is 739. The zero-order chi connectivity index (χ0) is 28.1. The Balaban J connectivity index is 1.59. The minimum atomic E-state index is -0.903. The second-order valence-corrected chi connectivity index (χ2v) is 9.33. The quantitative estimate of drug-likeness (QED) is 0.170. The van der Waals surface area contributed by atoms with Crippen LogP contribution in [0.15, 0.2) is 0 Å². The zero-order valence-corrected chi connectivity index (χ0v) is 21.8. The lowest BCUT2D eigenvalue weighted by Crippen LogP contribution is -2.44. The molecule has 0 spiro atoms. The summed E-state index contributed by atoms with van der Waals surface area (Å²) in [7, 11) is 1.22. The van der Waals surface area contributed by atoms with E-state index in [2.05, 4.69) is 4.74 Å². The van der Waals surface area contributed by atoms with Crippen LogP contribution in [-0.4, -0.2) is 129 Å². The summed E-state index contributed by atoms with van der Waals surface area (Å²) >= 11 is 0. The van der Waals surface area contributed by atoms with Gasteiger partial charge in [0.15, 0.2) is 18.3 Å². The van der Waals surface area contributed by atoms with Crippen LogP contribution in [0.2, 0.25) is 0 Å². The first-order chi connectivity index (χ1) is 18.8. The standard InChI is InChI=1S/C23H34O16/c1-15(4-33-19(24)28-2)3-29-11-23(12-30-5-16-8-34-20(25)37-16,13-31-6-17-9-35-21(26)38-17)14-32-7-18-10-36-22(27)39-18/h15-18H,3-14H2,1-2H3. The van der Waals surface area contributed by atoms with Crippen molar-refractivity contribution >= 4 is 24.6 Å². The average Bonchev–Trinajstić information content (AvgIpc) is 3.64. The van der Waals surface area contributed by atoms with Crippen LogP contribution in [0, 0.1) is 11.3 Å². The minimum absolute atomic E-state index is 0.0516. The van der Waals surface area contributed by atoms with Gasteiger partial charge in [-0.1, -0.05) is 6.92 Å². The fourth-order valence-corrected chi connectivity index (χ4v) is 3.61. The highest BCUT2D eigenvalue weighted by atomic mass is 16.8. The molecule has 3 aliphatic heterocycles. The summed E-state index contributed by atoms with van der Waals surface area (Å²) in [6, 6.07) is 0. The van der Waals surface area contributed by atoms with Crippen molar-refractivity contribution in [2.75, 3.05) is 86.4 Å². The van der Waals surface area contributed by atoms with Gasteiger partial charge in [0.2, 0.25) is 0 Å². The number of cyclic esters (lactones) is 6. The van der Waals surface area contributed by atoms with Crippen molar-refractivity contribution in [1.29, 1.82) is 0 Å². The second kappa shape index (κ2) is 15.5. The molecule has 0 N–H and O–H groups in total. The molecule has 0 amide bonds. The molecule has 3 saturated heterocycles. The molecule has 3 rings (SSSR count). The van der Waals surface area contributed by atoms with Crippen molar-refractivity contribution in [3.8, 4) is 0 Å². The van der Waals surface area contributed by atoms with Gasteiger partial charge < -0.3 is 56.8 Å². The van der Waals surface area contributed by atoms with Crippen LogP contribution in [0.25, 0.3) is 0 Å². The average molecular weight is 567 g/mol. The molecule has 0 aromatic rings. The highest BCUT2D eigenvalue weighted by molar-refractivity contribution is 5.62. The molecule has 222 valence electrons. The van der Waals surface area contributed by atoms with E-state index in [-0.39, 0.29) is 85.2 Å². The lowest BCUT2D eigenvalue weighted by atomic mass is 9.92. The third-order valence-electron chi connectivity index (χ3n) is 5.55. The molecule has 4 atom stereocenters. The van der Waals surface area contributed by atoms with Gasteiger partial charge in [-0.05, 0) is 0 Å². The molecule has 0 aromatic heterocycles. The van der Waals surface area contributed by atoms with Crippen molar-refractivity contribution < 1.29 is 76.0 Å². The van der Waals surface area contributed by atoms with Gasteiger partial charge in [0, 0.05) is 5.92 Å². The predicted octanol–water partition coefficient (Wildman–Crippen LogP) is 1.06. The van der Waals surface area contributed by atoms with Gasteiger partial charge in [-0.3, -0.25) is 0 Å². The number of carbonyl (C=O) groups excluding carboxylic acids is 4. The molecule has 0 bridgehead atoms. The number of methoxy groups -OCH3 is 1. The lowest BCUT2D eigenvalue weighted by Gasteiger charge is -2.34. The Labute approximate surface area is 224 Å². The van der Waals surface area contributed by atoms with Crippen LogP contribution in [0.5, 0.6) is 0 Å². The molecule has 0 aliphatic carbocycles. The fraction of sp³-hybridized carbons (Fsp3) is 0.826.